The summed E-state index contributed by atoms with van der Waals surface area (Å²) in [6.45, 7) is 3.34. The average molecular weight is 324 g/mol. The summed E-state index contributed by atoms with van der Waals surface area (Å²) in [5, 5.41) is 20.8. The van der Waals surface area contributed by atoms with Gasteiger partial charge in [-0.1, -0.05) is 37.8 Å². The van der Waals surface area contributed by atoms with E-state index in [9.17, 15) is 10.2 Å². The number of aliphatic hydroxyl groups is 2. The minimum absolute atomic E-state index is 0.106. The number of fused-ring (bicyclic) bond motifs is 1. The van der Waals surface area contributed by atoms with Crippen LogP contribution in [0.1, 0.15) is 64.7 Å². The van der Waals surface area contributed by atoms with Crippen molar-refractivity contribution in [1.82, 2.24) is 4.90 Å². The molecule has 0 spiro atoms. The molecule has 0 aliphatic heterocycles. The molecule has 0 aromatic carbocycles. The number of aliphatic hydroxyl groups excluding tert-OH is 2. The Bertz CT molecular complexity index is 380. The Balaban J connectivity index is 1.76. The average Bonchev–Trinajstić information content (AvgIpc) is 2.99. The Hall–Kier alpha value is -0.380. The van der Waals surface area contributed by atoms with Crippen molar-refractivity contribution in [3.8, 4) is 0 Å². The molecule has 0 aromatic heterocycles. The summed E-state index contributed by atoms with van der Waals surface area (Å²) >= 11 is 0. The molecule has 2 aliphatic carbocycles. The van der Waals surface area contributed by atoms with Crippen LogP contribution < -0.4 is 0 Å². The predicted octanol–water partition coefficient (Wildman–Crippen LogP) is 3.60. The van der Waals surface area contributed by atoms with Crippen molar-refractivity contribution in [2.24, 2.45) is 17.8 Å². The summed E-state index contributed by atoms with van der Waals surface area (Å²) in [6.07, 6.45) is 11.9. The third-order valence-electron chi connectivity index (χ3n) is 5.85. The predicted molar refractivity (Wildman–Crippen MR) is 96.3 cm³/mol. The van der Waals surface area contributed by atoms with Crippen LogP contribution in [0.4, 0.5) is 0 Å². The van der Waals surface area contributed by atoms with E-state index in [-0.39, 0.29) is 18.1 Å². The van der Waals surface area contributed by atoms with Crippen LogP contribution in [0.3, 0.4) is 0 Å². The smallest absolute Gasteiger partial charge is 0.0601 e. The molecule has 0 bridgehead atoms. The third-order valence-corrected chi connectivity index (χ3v) is 5.85. The van der Waals surface area contributed by atoms with Crippen LogP contribution in [0.25, 0.3) is 0 Å². The van der Waals surface area contributed by atoms with Gasteiger partial charge in [0.1, 0.15) is 0 Å². The van der Waals surface area contributed by atoms with Crippen molar-refractivity contribution in [3.63, 3.8) is 0 Å². The minimum atomic E-state index is -0.312. The number of allylic oxidation sites excluding steroid dienone is 2. The molecule has 3 nitrogen and oxygen atoms in total. The van der Waals surface area contributed by atoms with Gasteiger partial charge in [0.2, 0.25) is 0 Å². The van der Waals surface area contributed by atoms with E-state index in [0.29, 0.717) is 11.8 Å². The van der Waals surface area contributed by atoms with Gasteiger partial charge in [-0.3, -0.25) is 0 Å². The summed E-state index contributed by atoms with van der Waals surface area (Å²) in [7, 11) is 4.27. The topological polar surface area (TPSA) is 43.7 Å². The van der Waals surface area contributed by atoms with Gasteiger partial charge in [-0.25, -0.2) is 0 Å². The zero-order valence-electron chi connectivity index (χ0n) is 15.4. The number of hydrogen-bond acceptors (Lipinski definition) is 3. The molecule has 1 fully saturated rings. The van der Waals surface area contributed by atoms with E-state index in [4.69, 9.17) is 0 Å². The summed E-state index contributed by atoms with van der Waals surface area (Å²) in [5.41, 5.74) is 1.59. The van der Waals surface area contributed by atoms with E-state index >= 15 is 0 Å². The quantitative estimate of drug-likeness (QED) is 0.477. The van der Waals surface area contributed by atoms with Crippen LogP contribution in [0.5, 0.6) is 0 Å². The normalized spacial score (nSPS) is 31.5. The van der Waals surface area contributed by atoms with E-state index < -0.39 is 0 Å². The van der Waals surface area contributed by atoms with E-state index in [2.05, 4.69) is 32.0 Å². The maximum absolute atomic E-state index is 10.5. The van der Waals surface area contributed by atoms with Crippen molar-refractivity contribution in [3.05, 3.63) is 11.6 Å². The molecule has 134 valence electrons. The summed E-state index contributed by atoms with van der Waals surface area (Å²) in [6, 6.07) is 0. The summed E-state index contributed by atoms with van der Waals surface area (Å²) < 4.78 is 0. The van der Waals surface area contributed by atoms with Crippen LogP contribution >= 0.6 is 0 Å². The lowest BCUT2D eigenvalue weighted by molar-refractivity contribution is 0.00685. The molecule has 23 heavy (non-hydrogen) atoms. The summed E-state index contributed by atoms with van der Waals surface area (Å²) in [5.74, 6) is 1.12. The van der Waals surface area contributed by atoms with Crippen molar-refractivity contribution in [2.75, 3.05) is 20.6 Å². The number of rotatable bonds is 10. The third kappa shape index (κ3) is 5.30. The second-order valence-corrected chi connectivity index (χ2v) is 8.06. The molecule has 2 N–H and O–H groups in total. The highest BCUT2D eigenvalue weighted by atomic mass is 16.3. The van der Waals surface area contributed by atoms with Crippen LogP contribution in [-0.2, 0) is 0 Å². The van der Waals surface area contributed by atoms with E-state index in [1.807, 2.05) is 0 Å². The maximum Gasteiger partial charge on any atom is 0.0601 e. The first kappa shape index (κ1) is 19.0. The fourth-order valence-electron chi connectivity index (χ4n) is 4.62. The number of hydrogen-bond donors (Lipinski definition) is 2. The van der Waals surface area contributed by atoms with Gasteiger partial charge in [-0.05, 0) is 71.0 Å². The zero-order valence-corrected chi connectivity index (χ0v) is 15.4. The molecule has 0 saturated heterocycles. The highest BCUT2D eigenvalue weighted by molar-refractivity contribution is 5.19. The van der Waals surface area contributed by atoms with E-state index in [1.165, 1.54) is 32.2 Å². The Kier molecular flexibility index (Phi) is 7.58. The van der Waals surface area contributed by atoms with Crippen molar-refractivity contribution in [2.45, 2.75) is 76.9 Å². The van der Waals surface area contributed by atoms with Gasteiger partial charge < -0.3 is 15.1 Å². The van der Waals surface area contributed by atoms with Crippen molar-refractivity contribution < 1.29 is 10.2 Å². The molecular weight excluding hydrogens is 286 g/mol. The lowest BCUT2D eigenvalue weighted by Gasteiger charge is -2.27. The van der Waals surface area contributed by atoms with Gasteiger partial charge in [0.15, 0.2) is 0 Å². The van der Waals surface area contributed by atoms with Crippen LogP contribution in [-0.4, -0.2) is 48.0 Å². The molecule has 0 aromatic rings. The lowest BCUT2D eigenvalue weighted by atomic mass is 9.83. The van der Waals surface area contributed by atoms with Gasteiger partial charge in [-0.15, -0.1) is 0 Å². The Morgan fingerprint density at radius 1 is 1.22 bits per heavy atom. The Morgan fingerprint density at radius 3 is 2.70 bits per heavy atom. The second kappa shape index (κ2) is 9.19. The zero-order chi connectivity index (χ0) is 16.8. The van der Waals surface area contributed by atoms with Crippen LogP contribution in [0.2, 0.25) is 0 Å². The van der Waals surface area contributed by atoms with Gasteiger partial charge in [0, 0.05) is 5.92 Å². The van der Waals surface area contributed by atoms with Crippen LogP contribution in [0, 0.1) is 17.8 Å². The monoisotopic (exact) mass is 323 g/mol. The molecule has 5 atom stereocenters. The highest BCUT2D eigenvalue weighted by Crippen LogP contribution is 2.49. The Labute approximate surface area is 142 Å². The van der Waals surface area contributed by atoms with Gasteiger partial charge in [0.05, 0.1) is 12.2 Å². The number of nitrogens with zero attached hydrogens (tertiary/aromatic N) is 1. The largest absolute Gasteiger partial charge is 0.393 e. The lowest BCUT2D eigenvalue weighted by Crippen LogP contribution is -2.32. The molecule has 2 rings (SSSR count). The van der Waals surface area contributed by atoms with Crippen molar-refractivity contribution >= 4 is 0 Å². The molecular formula is C20H37NO2. The van der Waals surface area contributed by atoms with Crippen molar-refractivity contribution in [1.29, 1.82) is 0 Å². The fraction of sp³-hybridized carbons (Fsp3) is 0.900. The van der Waals surface area contributed by atoms with Crippen LogP contribution in [0.15, 0.2) is 11.6 Å². The second-order valence-electron chi connectivity index (χ2n) is 8.06. The maximum atomic E-state index is 10.5. The van der Waals surface area contributed by atoms with Gasteiger partial charge >= 0.3 is 0 Å². The van der Waals surface area contributed by atoms with E-state index in [1.54, 1.807) is 5.57 Å². The molecule has 3 heteroatoms. The molecule has 2 aliphatic rings. The SMILES string of the molecule is CCCC[C@@H](O)[C@@H]1[C@H]2CC(CCCCCN(C)C)=C[C@H]2C[C@H]1O. The minimum Gasteiger partial charge on any atom is -0.393 e. The Morgan fingerprint density at radius 2 is 2.00 bits per heavy atom. The first-order valence-corrected chi connectivity index (χ1v) is 9.73. The first-order chi connectivity index (χ1) is 11.0. The van der Waals surface area contributed by atoms with Gasteiger partial charge in [-0.2, -0.15) is 0 Å². The highest BCUT2D eigenvalue weighted by Gasteiger charge is 2.47. The summed E-state index contributed by atoms with van der Waals surface area (Å²) in [4.78, 5) is 2.25. The molecule has 0 radical (unpaired) electrons. The molecule has 0 unspecified atom stereocenters. The first-order valence-electron chi connectivity index (χ1n) is 9.73. The van der Waals surface area contributed by atoms with E-state index in [0.717, 1.165) is 32.1 Å². The fourth-order valence-corrected chi connectivity index (χ4v) is 4.62. The molecule has 0 heterocycles. The molecule has 1 saturated carbocycles. The van der Waals surface area contributed by atoms with Gasteiger partial charge in [0.25, 0.3) is 0 Å². The standard InChI is InChI=1S/C20H37NO2/c1-4-5-10-18(22)20-17-13-15(12-16(17)14-19(20)23)9-7-6-8-11-21(2)3/h12,16-20,22-23H,4-11,13-14H2,1-3H3/t16-,17-,18+,19+,20-/m0/s1. The number of unbranched alkanes of at least 4 members (excludes halogenated alkanes) is 3. The molecule has 0 amide bonds.